The molecule has 4 amide bonds. The fourth-order valence-corrected chi connectivity index (χ4v) is 4.68. The molecule has 0 aromatic rings. The molecule has 1 spiro atoms. The number of imide groups is 1. The summed E-state index contributed by atoms with van der Waals surface area (Å²) in [5.41, 5.74) is 0.447. The molecule has 1 heterocycles. The van der Waals surface area contributed by atoms with E-state index in [1.807, 2.05) is 6.92 Å². The van der Waals surface area contributed by atoms with Gasteiger partial charge in [0.25, 0.3) is 11.8 Å². The molecule has 8 nitrogen and oxygen atoms in total. The molecule has 3 aliphatic rings. The lowest BCUT2D eigenvalue weighted by atomic mass is 9.73. The first-order valence-electron chi connectivity index (χ1n) is 11.1. The highest BCUT2D eigenvalue weighted by molar-refractivity contribution is 6.09. The molecule has 0 radical (unpaired) electrons. The monoisotopic (exact) mass is 419 g/mol. The lowest BCUT2D eigenvalue weighted by molar-refractivity contribution is -0.157. The van der Waals surface area contributed by atoms with Crippen LogP contribution in [-0.4, -0.2) is 53.4 Å². The van der Waals surface area contributed by atoms with E-state index in [1.165, 1.54) is 25.3 Å². The van der Waals surface area contributed by atoms with Crippen molar-refractivity contribution in [2.45, 2.75) is 83.3 Å². The van der Waals surface area contributed by atoms with Gasteiger partial charge in [-0.3, -0.25) is 19.3 Å². The van der Waals surface area contributed by atoms with Gasteiger partial charge in [-0.2, -0.15) is 0 Å². The lowest BCUT2D eigenvalue weighted by Crippen LogP contribution is -2.54. The molecule has 0 bridgehead atoms. The Bertz CT molecular complexity index is 734. The number of nitrogens with zero attached hydrogens (tertiary/aromatic N) is 1. The number of hydrogen-bond acceptors (Lipinski definition) is 5. The minimum absolute atomic E-state index is 0.0210. The second-order valence-corrected chi connectivity index (χ2v) is 8.72. The van der Waals surface area contributed by atoms with Gasteiger partial charge in [-0.05, 0) is 57.8 Å². The topological polar surface area (TPSA) is 105 Å². The summed E-state index contributed by atoms with van der Waals surface area (Å²) in [5, 5.41) is 5.59. The molecule has 3 rings (SSSR count). The van der Waals surface area contributed by atoms with Crippen LogP contribution in [-0.2, 0) is 19.1 Å². The van der Waals surface area contributed by atoms with Crippen LogP contribution in [0.2, 0.25) is 0 Å². The molecule has 166 valence electrons. The van der Waals surface area contributed by atoms with E-state index < -0.39 is 30.2 Å². The van der Waals surface area contributed by atoms with E-state index in [2.05, 4.69) is 16.7 Å². The number of amides is 4. The molecule has 1 saturated heterocycles. The molecule has 8 heteroatoms. The zero-order chi connectivity index (χ0) is 21.7. The van der Waals surface area contributed by atoms with E-state index in [0.29, 0.717) is 13.0 Å². The van der Waals surface area contributed by atoms with Crippen LogP contribution in [0.4, 0.5) is 4.79 Å². The third-order valence-corrected chi connectivity index (χ3v) is 6.60. The highest BCUT2D eigenvalue weighted by Crippen LogP contribution is 2.38. The third-order valence-electron chi connectivity index (χ3n) is 6.60. The van der Waals surface area contributed by atoms with Crippen molar-refractivity contribution in [1.29, 1.82) is 0 Å². The van der Waals surface area contributed by atoms with Crippen molar-refractivity contribution in [3.63, 3.8) is 0 Å². The highest BCUT2D eigenvalue weighted by Gasteiger charge is 2.55. The van der Waals surface area contributed by atoms with Crippen molar-refractivity contribution in [3.8, 4) is 0 Å². The molecule has 0 unspecified atom stereocenters. The van der Waals surface area contributed by atoms with E-state index in [4.69, 9.17) is 4.74 Å². The molecule has 2 fully saturated rings. The standard InChI is InChI=1S/C22H33N3O5/c1-15-8-6-7-12-22(15)20(28)25(21(29)24-22)14-18(26)30-16(2)19(27)23-13-11-17-9-4-3-5-10-17/h9,15-16H,3-8,10-14H2,1-2H3,(H,23,27)(H,24,29)/t15-,16+,22-/m1/s1. The van der Waals surface area contributed by atoms with Crippen LogP contribution < -0.4 is 10.6 Å². The van der Waals surface area contributed by atoms with Gasteiger partial charge < -0.3 is 15.4 Å². The number of carbonyl (C=O) groups is 4. The summed E-state index contributed by atoms with van der Waals surface area (Å²) in [5.74, 6) is -1.49. The smallest absolute Gasteiger partial charge is 0.327 e. The summed E-state index contributed by atoms with van der Waals surface area (Å²) in [7, 11) is 0. The first-order valence-corrected chi connectivity index (χ1v) is 11.1. The van der Waals surface area contributed by atoms with Crippen molar-refractivity contribution in [2.75, 3.05) is 13.1 Å². The highest BCUT2D eigenvalue weighted by atomic mass is 16.5. The number of esters is 1. The Kier molecular flexibility index (Phi) is 7.15. The van der Waals surface area contributed by atoms with Gasteiger partial charge in [0, 0.05) is 6.54 Å². The fourth-order valence-electron chi connectivity index (χ4n) is 4.68. The SMILES string of the molecule is C[C@H](OC(=O)CN1C(=O)N[C@@]2(CCCC[C@H]2C)C1=O)C(=O)NCCC1=CCCCC1. The second-order valence-electron chi connectivity index (χ2n) is 8.72. The zero-order valence-corrected chi connectivity index (χ0v) is 18.0. The maximum atomic E-state index is 12.9. The molecule has 2 aliphatic carbocycles. The van der Waals surface area contributed by atoms with E-state index in [0.717, 1.165) is 43.4 Å². The minimum atomic E-state index is -0.985. The Morgan fingerprint density at radius 2 is 2.10 bits per heavy atom. The number of carbonyl (C=O) groups excluding carboxylic acids is 4. The average Bonchev–Trinajstić information content (AvgIpc) is 2.96. The average molecular weight is 420 g/mol. The molecule has 0 aromatic carbocycles. The number of nitrogens with one attached hydrogen (secondary N) is 2. The van der Waals surface area contributed by atoms with Crippen LogP contribution >= 0.6 is 0 Å². The number of allylic oxidation sites excluding steroid dienone is 1. The largest absolute Gasteiger partial charge is 0.451 e. The minimum Gasteiger partial charge on any atom is -0.451 e. The molecule has 1 aliphatic heterocycles. The Morgan fingerprint density at radius 3 is 2.80 bits per heavy atom. The molecular weight excluding hydrogens is 386 g/mol. The van der Waals surface area contributed by atoms with Gasteiger partial charge in [-0.15, -0.1) is 0 Å². The Labute approximate surface area is 177 Å². The van der Waals surface area contributed by atoms with Crippen molar-refractivity contribution < 1.29 is 23.9 Å². The molecule has 3 atom stereocenters. The van der Waals surface area contributed by atoms with Crippen molar-refractivity contribution >= 4 is 23.8 Å². The quantitative estimate of drug-likeness (QED) is 0.375. The van der Waals surface area contributed by atoms with Crippen molar-refractivity contribution in [2.24, 2.45) is 5.92 Å². The second kappa shape index (κ2) is 9.62. The predicted octanol–water partition coefficient (Wildman–Crippen LogP) is 2.43. The Hall–Kier alpha value is -2.38. The summed E-state index contributed by atoms with van der Waals surface area (Å²) in [6, 6.07) is -0.566. The van der Waals surface area contributed by atoms with Gasteiger partial charge in [0.15, 0.2) is 6.10 Å². The molecule has 0 aromatic heterocycles. The third kappa shape index (κ3) is 4.84. The van der Waals surface area contributed by atoms with Crippen LogP contribution in [0.25, 0.3) is 0 Å². The van der Waals surface area contributed by atoms with Gasteiger partial charge >= 0.3 is 12.0 Å². The summed E-state index contributed by atoms with van der Waals surface area (Å²) < 4.78 is 5.18. The van der Waals surface area contributed by atoms with Crippen LogP contribution in [0.3, 0.4) is 0 Å². The molecular formula is C22H33N3O5. The number of urea groups is 1. The van der Waals surface area contributed by atoms with E-state index in [9.17, 15) is 19.2 Å². The van der Waals surface area contributed by atoms with Gasteiger partial charge in [0.2, 0.25) is 0 Å². The van der Waals surface area contributed by atoms with Gasteiger partial charge in [0.1, 0.15) is 12.1 Å². The summed E-state index contributed by atoms with van der Waals surface area (Å²) in [6.07, 6.45) is 9.97. The van der Waals surface area contributed by atoms with Crippen LogP contribution in [0, 0.1) is 5.92 Å². The maximum Gasteiger partial charge on any atom is 0.327 e. The van der Waals surface area contributed by atoms with Crippen LogP contribution in [0.1, 0.15) is 71.6 Å². The van der Waals surface area contributed by atoms with Gasteiger partial charge in [-0.25, -0.2) is 4.79 Å². The number of rotatable bonds is 7. The van der Waals surface area contributed by atoms with Crippen molar-refractivity contribution in [3.05, 3.63) is 11.6 Å². The van der Waals surface area contributed by atoms with Crippen LogP contribution in [0.5, 0.6) is 0 Å². The predicted molar refractivity (Wildman–Crippen MR) is 110 cm³/mol. The number of ether oxygens (including phenoxy) is 1. The summed E-state index contributed by atoms with van der Waals surface area (Å²) in [6.45, 7) is 3.46. The summed E-state index contributed by atoms with van der Waals surface area (Å²) in [4.78, 5) is 50.7. The Balaban J connectivity index is 1.46. The van der Waals surface area contributed by atoms with Gasteiger partial charge in [0.05, 0.1) is 0 Å². The molecule has 1 saturated carbocycles. The molecule has 2 N–H and O–H groups in total. The van der Waals surface area contributed by atoms with E-state index in [-0.39, 0.29) is 17.7 Å². The zero-order valence-electron chi connectivity index (χ0n) is 18.0. The van der Waals surface area contributed by atoms with E-state index in [1.54, 1.807) is 0 Å². The Morgan fingerprint density at radius 1 is 1.30 bits per heavy atom. The first-order chi connectivity index (χ1) is 14.3. The maximum absolute atomic E-state index is 12.9. The fraction of sp³-hybridized carbons (Fsp3) is 0.727. The summed E-state index contributed by atoms with van der Waals surface area (Å²) >= 11 is 0. The molecule has 30 heavy (non-hydrogen) atoms. The van der Waals surface area contributed by atoms with Crippen molar-refractivity contribution in [1.82, 2.24) is 15.5 Å². The van der Waals surface area contributed by atoms with Crippen LogP contribution in [0.15, 0.2) is 11.6 Å². The van der Waals surface area contributed by atoms with E-state index >= 15 is 0 Å². The first kappa shape index (κ1) is 22.3. The number of hydrogen-bond donors (Lipinski definition) is 2. The van der Waals surface area contributed by atoms with Gasteiger partial charge in [-0.1, -0.05) is 31.4 Å². The normalized spacial score (nSPS) is 27.5. The lowest BCUT2D eigenvalue weighted by Gasteiger charge is -2.36.